The highest BCUT2D eigenvalue weighted by molar-refractivity contribution is 5.80. The molecule has 4 aliphatic rings. The molecule has 0 aromatic rings. The summed E-state index contributed by atoms with van der Waals surface area (Å²) in [6.45, 7) is 9.90. The first-order valence-electron chi connectivity index (χ1n) is 12.1. The highest BCUT2D eigenvalue weighted by Crippen LogP contribution is 2.65. The van der Waals surface area contributed by atoms with Crippen molar-refractivity contribution in [3.8, 4) is 0 Å². The van der Waals surface area contributed by atoms with E-state index in [1.165, 1.54) is 64.2 Å². The second-order valence-corrected chi connectivity index (χ2v) is 11.4. The van der Waals surface area contributed by atoms with Crippen LogP contribution in [-0.2, 0) is 4.79 Å². The number of hydrogen-bond acceptors (Lipinski definition) is 1. The van der Waals surface area contributed by atoms with Gasteiger partial charge in [-0.2, -0.15) is 0 Å². The Hall–Kier alpha value is -0.590. The molecule has 5 atom stereocenters. The van der Waals surface area contributed by atoms with E-state index in [1.54, 1.807) is 0 Å². The molecule has 0 amide bonds. The standard InChI is InChI=1S/C26H42O/c1-18(2)7-5-6-8-19-10-12-23-22-11-9-20-17-21(27)13-15-26(20,4)24(22)14-16-25(19,23)3/h18-20,23H,5-17H2,1-4H3/t19?,20?,23?,25?,26-/m0/s1. The fourth-order valence-corrected chi connectivity index (χ4v) is 7.78. The molecule has 27 heavy (non-hydrogen) atoms. The van der Waals surface area contributed by atoms with E-state index in [9.17, 15) is 4.79 Å². The van der Waals surface area contributed by atoms with Crippen LogP contribution < -0.4 is 0 Å². The van der Waals surface area contributed by atoms with Gasteiger partial charge in [0.25, 0.3) is 0 Å². The van der Waals surface area contributed by atoms with Crippen molar-refractivity contribution in [1.82, 2.24) is 0 Å². The SMILES string of the molecule is CC(C)CCCCC1CCC2C3=C(CCC12C)[C@@]1(C)CCC(=O)CC1CC3. The predicted octanol–water partition coefficient (Wildman–Crippen LogP) is 7.50. The summed E-state index contributed by atoms with van der Waals surface area (Å²) < 4.78 is 0. The number of unbranched alkanes of at least 4 members (excludes halogenated alkanes) is 1. The van der Waals surface area contributed by atoms with Gasteiger partial charge in [0.1, 0.15) is 5.78 Å². The molecule has 2 saturated carbocycles. The number of carbonyl (C=O) groups is 1. The van der Waals surface area contributed by atoms with E-state index in [-0.39, 0.29) is 0 Å². The van der Waals surface area contributed by atoms with Crippen molar-refractivity contribution in [3.05, 3.63) is 11.1 Å². The van der Waals surface area contributed by atoms with E-state index in [1.807, 2.05) is 11.1 Å². The molecule has 0 saturated heterocycles. The lowest BCUT2D eigenvalue weighted by molar-refractivity contribution is -0.124. The lowest BCUT2D eigenvalue weighted by Gasteiger charge is -2.54. The summed E-state index contributed by atoms with van der Waals surface area (Å²) in [5, 5.41) is 0. The summed E-state index contributed by atoms with van der Waals surface area (Å²) >= 11 is 0. The molecule has 0 N–H and O–H groups in total. The minimum absolute atomic E-state index is 0.359. The number of rotatable bonds is 5. The van der Waals surface area contributed by atoms with Crippen molar-refractivity contribution in [1.29, 1.82) is 0 Å². The molecule has 1 heteroatoms. The molecule has 0 bridgehead atoms. The quantitative estimate of drug-likeness (QED) is 0.362. The molecule has 4 unspecified atom stereocenters. The zero-order valence-corrected chi connectivity index (χ0v) is 18.4. The van der Waals surface area contributed by atoms with Crippen LogP contribution in [0.2, 0.25) is 0 Å². The van der Waals surface area contributed by atoms with E-state index < -0.39 is 0 Å². The Morgan fingerprint density at radius 3 is 2.59 bits per heavy atom. The second kappa shape index (κ2) is 7.34. The van der Waals surface area contributed by atoms with Gasteiger partial charge in [0, 0.05) is 12.8 Å². The van der Waals surface area contributed by atoms with Crippen LogP contribution in [0.4, 0.5) is 0 Å². The number of allylic oxidation sites excluding steroid dienone is 2. The van der Waals surface area contributed by atoms with Crippen molar-refractivity contribution < 1.29 is 4.79 Å². The third kappa shape index (κ3) is 3.36. The van der Waals surface area contributed by atoms with Crippen molar-refractivity contribution in [2.24, 2.45) is 34.5 Å². The zero-order valence-electron chi connectivity index (χ0n) is 18.4. The van der Waals surface area contributed by atoms with Crippen LogP contribution in [0.5, 0.6) is 0 Å². The second-order valence-electron chi connectivity index (χ2n) is 11.4. The van der Waals surface area contributed by atoms with E-state index in [0.29, 0.717) is 22.5 Å². The predicted molar refractivity (Wildman–Crippen MR) is 114 cm³/mol. The molecule has 1 nitrogen and oxygen atoms in total. The number of fused-ring (bicyclic) bond motifs is 4. The third-order valence-corrected chi connectivity index (χ3v) is 9.59. The van der Waals surface area contributed by atoms with Crippen molar-refractivity contribution in [2.45, 2.75) is 111 Å². The highest BCUT2D eigenvalue weighted by atomic mass is 16.1. The summed E-state index contributed by atoms with van der Waals surface area (Å²) in [5.74, 6) is 3.87. The van der Waals surface area contributed by atoms with Gasteiger partial charge in [0.05, 0.1) is 0 Å². The number of carbonyl (C=O) groups excluding carboxylic acids is 1. The molecular formula is C26H42O. The average Bonchev–Trinajstić information content (AvgIpc) is 2.96. The lowest BCUT2D eigenvalue weighted by atomic mass is 9.51. The maximum atomic E-state index is 12.0. The van der Waals surface area contributed by atoms with Crippen LogP contribution in [0.3, 0.4) is 0 Å². The Bertz CT molecular complexity index is 614. The molecule has 4 rings (SSSR count). The smallest absolute Gasteiger partial charge is 0.133 e. The normalized spacial score (nSPS) is 41.5. The van der Waals surface area contributed by atoms with Crippen molar-refractivity contribution >= 4 is 5.78 Å². The van der Waals surface area contributed by atoms with Gasteiger partial charge in [-0.05, 0) is 85.9 Å². The van der Waals surface area contributed by atoms with Crippen LogP contribution in [-0.4, -0.2) is 5.78 Å². The fourth-order valence-electron chi connectivity index (χ4n) is 7.78. The first-order valence-corrected chi connectivity index (χ1v) is 12.1. The molecule has 4 aliphatic carbocycles. The molecule has 0 radical (unpaired) electrons. The molecular weight excluding hydrogens is 328 g/mol. The van der Waals surface area contributed by atoms with Crippen LogP contribution in [0.25, 0.3) is 0 Å². The van der Waals surface area contributed by atoms with E-state index in [4.69, 9.17) is 0 Å². The van der Waals surface area contributed by atoms with Gasteiger partial charge < -0.3 is 0 Å². The lowest BCUT2D eigenvalue weighted by Crippen LogP contribution is -2.44. The van der Waals surface area contributed by atoms with Gasteiger partial charge >= 0.3 is 0 Å². The van der Waals surface area contributed by atoms with Crippen molar-refractivity contribution in [2.75, 3.05) is 0 Å². The molecule has 0 aromatic heterocycles. The van der Waals surface area contributed by atoms with Gasteiger partial charge in [0.2, 0.25) is 0 Å². The maximum absolute atomic E-state index is 12.0. The van der Waals surface area contributed by atoms with E-state index in [2.05, 4.69) is 27.7 Å². The monoisotopic (exact) mass is 370 g/mol. The molecule has 0 aromatic carbocycles. The summed E-state index contributed by atoms with van der Waals surface area (Å²) in [6.07, 6.45) is 16.9. The van der Waals surface area contributed by atoms with Gasteiger partial charge in [-0.15, -0.1) is 0 Å². The number of Topliss-reactive ketones (excluding diaryl/α,β-unsaturated/α-hetero) is 1. The van der Waals surface area contributed by atoms with E-state index >= 15 is 0 Å². The summed E-state index contributed by atoms with van der Waals surface area (Å²) in [7, 11) is 0. The van der Waals surface area contributed by atoms with Gasteiger partial charge in [-0.25, -0.2) is 0 Å². The summed E-state index contributed by atoms with van der Waals surface area (Å²) in [6, 6.07) is 0. The molecule has 0 heterocycles. The Morgan fingerprint density at radius 2 is 1.81 bits per heavy atom. The number of ketones is 1. The largest absolute Gasteiger partial charge is 0.300 e. The minimum Gasteiger partial charge on any atom is -0.300 e. The Kier molecular flexibility index (Phi) is 5.36. The zero-order chi connectivity index (χ0) is 19.2. The Labute approximate surface area is 167 Å². The topological polar surface area (TPSA) is 17.1 Å². The van der Waals surface area contributed by atoms with Gasteiger partial charge in [-0.1, -0.05) is 58.1 Å². The Balaban J connectivity index is 1.50. The van der Waals surface area contributed by atoms with Crippen molar-refractivity contribution in [3.63, 3.8) is 0 Å². The maximum Gasteiger partial charge on any atom is 0.133 e. The van der Waals surface area contributed by atoms with Crippen LogP contribution in [0, 0.1) is 34.5 Å². The van der Waals surface area contributed by atoms with Crippen LogP contribution in [0.15, 0.2) is 11.1 Å². The first-order chi connectivity index (χ1) is 12.8. The molecule has 0 aliphatic heterocycles. The highest BCUT2D eigenvalue weighted by Gasteiger charge is 2.54. The molecule has 2 fully saturated rings. The fraction of sp³-hybridized carbons (Fsp3) is 0.885. The third-order valence-electron chi connectivity index (χ3n) is 9.59. The van der Waals surface area contributed by atoms with Gasteiger partial charge in [0.15, 0.2) is 0 Å². The Morgan fingerprint density at radius 1 is 1.00 bits per heavy atom. The van der Waals surface area contributed by atoms with E-state index in [0.717, 1.165) is 37.0 Å². The summed E-state index contributed by atoms with van der Waals surface area (Å²) in [5.41, 5.74) is 4.67. The number of hydrogen-bond donors (Lipinski definition) is 0. The average molecular weight is 371 g/mol. The van der Waals surface area contributed by atoms with Crippen LogP contribution >= 0.6 is 0 Å². The minimum atomic E-state index is 0.359. The van der Waals surface area contributed by atoms with Crippen LogP contribution in [0.1, 0.15) is 111 Å². The molecule has 152 valence electrons. The molecule has 0 spiro atoms. The summed E-state index contributed by atoms with van der Waals surface area (Å²) in [4.78, 5) is 12.0. The first kappa shape index (κ1) is 19.7. The van der Waals surface area contributed by atoms with Gasteiger partial charge in [-0.3, -0.25) is 4.79 Å².